The molecule has 0 radical (unpaired) electrons. The van der Waals surface area contributed by atoms with E-state index >= 15 is 0 Å². The van der Waals surface area contributed by atoms with E-state index in [-0.39, 0.29) is 0 Å². The van der Waals surface area contributed by atoms with Crippen LogP contribution in [0.3, 0.4) is 0 Å². The lowest BCUT2D eigenvalue weighted by atomic mass is 9.78. The van der Waals surface area contributed by atoms with Gasteiger partial charge in [-0.25, -0.2) is 0 Å². The third kappa shape index (κ3) is 4.23. The Labute approximate surface area is 143 Å². The molecule has 1 saturated heterocycles. The molecule has 3 nitrogen and oxygen atoms in total. The fourth-order valence-electron chi connectivity index (χ4n) is 4.01. The van der Waals surface area contributed by atoms with Crippen molar-refractivity contribution < 1.29 is 9.53 Å². The highest BCUT2D eigenvalue weighted by molar-refractivity contribution is 7.99. The lowest BCUT2D eigenvalue weighted by Crippen LogP contribution is -2.49. The van der Waals surface area contributed by atoms with Gasteiger partial charge in [-0.05, 0) is 55.9 Å². The van der Waals surface area contributed by atoms with Gasteiger partial charge in [0.15, 0.2) is 0 Å². The van der Waals surface area contributed by atoms with Crippen molar-refractivity contribution in [1.82, 2.24) is 4.90 Å². The molecule has 2 fully saturated rings. The topological polar surface area (TPSA) is 29.5 Å². The Kier molecular flexibility index (Phi) is 5.87. The Morgan fingerprint density at radius 1 is 1.17 bits per heavy atom. The Bertz CT molecular complexity index is 515. The number of likely N-dealkylation sites (tertiary alicyclic amines) is 1. The lowest BCUT2D eigenvalue weighted by Gasteiger charge is -2.44. The Balaban J connectivity index is 1.48. The second kappa shape index (κ2) is 8.09. The van der Waals surface area contributed by atoms with Gasteiger partial charge in [-0.1, -0.05) is 12.8 Å². The van der Waals surface area contributed by atoms with Gasteiger partial charge in [0.1, 0.15) is 5.75 Å². The molecular formula is C19H27NO2S. The highest BCUT2D eigenvalue weighted by Gasteiger charge is 2.35. The fourth-order valence-corrected chi connectivity index (χ4v) is 4.85. The van der Waals surface area contributed by atoms with Crippen LogP contribution in [0.2, 0.25) is 0 Å². The maximum absolute atomic E-state index is 12.6. The fraction of sp³-hybridized carbons (Fsp3) is 0.632. The van der Waals surface area contributed by atoms with Gasteiger partial charge in [0.25, 0.3) is 0 Å². The Hall–Kier alpha value is -1.16. The van der Waals surface area contributed by atoms with E-state index in [9.17, 15) is 4.79 Å². The summed E-state index contributed by atoms with van der Waals surface area (Å²) in [5.74, 6) is 2.87. The van der Waals surface area contributed by atoms with E-state index in [1.807, 2.05) is 12.1 Å². The molecule has 0 bridgehead atoms. The molecule has 1 saturated carbocycles. The first kappa shape index (κ1) is 16.7. The highest BCUT2D eigenvalue weighted by Crippen LogP contribution is 2.35. The van der Waals surface area contributed by atoms with Gasteiger partial charge in [-0.15, -0.1) is 11.8 Å². The summed E-state index contributed by atoms with van der Waals surface area (Å²) in [4.78, 5) is 16.0. The van der Waals surface area contributed by atoms with Gasteiger partial charge in [-0.2, -0.15) is 0 Å². The van der Waals surface area contributed by atoms with Crippen LogP contribution in [-0.4, -0.2) is 36.3 Å². The number of amides is 1. The van der Waals surface area contributed by atoms with Crippen LogP contribution < -0.4 is 4.74 Å². The molecule has 1 aromatic rings. The van der Waals surface area contributed by atoms with E-state index in [1.54, 1.807) is 18.9 Å². The second-order valence-corrected chi connectivity index (χ2v) is 7.78. The number of piperidine rings is 1. The summed E-state index contributed by atoms with van der Waals surface area (Å²) in [5.41, 5.74) is 0. The summed E-state index contributed by atoms with van der Waals surface area (Å²) in [7, 11) is 1.68. The van der Waals surface area contributed by atoms with E-state index < -0.39 is 0 Å². The van der Waals surface area contributed by atoms with Crippen molar-refractivity contribution in [1.29, 1.82) is 0 Å². The quantitative estimate of drug-likeness (QED) is 0.750. The van der Waals surface area contributed by atoms with Crippen molar-refractivity contribution in [2.24, 2.45) is 5.92 Å². The van der Waals surface area contributed by atoms with Crippen molar-refractivity contribution in [3.05, 3.63) is 24.3 Å². The highest BCUT2D eigenvalue weighted by atomic mass is 32.2. The third-order valence-corrected chi connectivity index (χ3v) is 6.22. The number of fused-ring (bicyclic) bond motifs is 1. The summed E-state index contributed by atoms with van der Waals surface area (Å²) in [6.45, 7) is 0.979. The zero-order valence-corrected chi connectivity index (χ0v) is 14.8. The van der Waals surface area contributed by atoms with E-state index in [1.165, 1.54) is 43.4 Å². The predicted molar refractivity (Wildman–Crippen MR) is 95.0 cm³/mol. The minimum Gasteiger partial charge on any atom is -0.497 e. The van der Waals surface area contributed by atoms with Gasteiger partial charge >= 0.3 is 0 Å². The van der Waals surface area contributed by atoms with Crippen molar-refractivity contribution in [3.8, 4) is 5.75 Å². The van der Waals surface area contributed by atoms with Crippen molar-refractivity contribution in [2.45, 2.75) is 55.9 Å². The molecule has 2 unspecified atom stereocenters. The van der Waals surface area contributed by atoms with Crippen molar-refractivity contribution in [3.63, 3.8) is 0 Å². The van der Waals surface area contributed by atoms with Crippen LogP contribution in [0.5, 0.6) is 5.75 Å². The number of benzene rings is 1. The Morgan fingerprint density at radius 3 is 2.70 bits per heavy atom. The first-order valence-corrected chi connectivity index (χ1v) is 9.83. The maximum atomic E-state index is 12.6. The number of carbonyl (C=O) groups excluding carboxylic acids is 1. The molecule has 1 aliphatic carbocycles. The van der Waals surface area contributed by atoms with E-state index in [0.29, 0.717) is 18.4 Å². The Morgan fingerprint density at radius 2 is 1.91 bits per heavy atom. The number of hydrogen-bond donors (Lipinski definition) is 0. The molecule has 1 amide bonds. The summed E-state index contributed by atoms with van der Waals surface area (Å²) in [6, 6.07) is 8.61. The number of ether oxygens (including phenoxy) is 1. The molecule has 3 rings (SSSR count). The van der Waals surface area contributed by atoms with E-state index in [4.69, 9.17) is 4.74 Å². The smallest absolute Gasteiger partial charge is 0.223 e. The zero-order valence-electron chi connectivity index (χ0n) is 14.0. The second-order valence-electron chi connectivity index (χ2n) is 6.62. The van der Waals surface area contributed by atoms with Crippen LogP contribution in [0.25, 0.3) is 0 Å². The zero-order chi connectivity index (χ0) is 16.1. The summed E-state index contributed by atoms with van der Waals surface area (Å²) >= 11 is 1.76. The molecule has 0 N–H and O–H groups in total. The standard InChI is InChI=1S/C19H27NO2S/c1-22-16-8-10-17(11-9-16)23-14-12-19(21)20-13-4-6-15-5-2-3-7-18(15)20/h8-11,15,18H,2-7,12-14H2,1H3. The molecule has 4 heteroatoms. The van der Waals surface area contributed by atoms with Crippen LogP contribution in [0, 0.1) is 5.92 Å². The molecule has 2 aliphatic rings. The number of carbonyl (C=O) groups is 1. The van der Waals surface area contributed by atoms with Gasteiger partial charge < -0.3 is 9.64 Å². The molecule has 0 spiro atoms. The molecular weight excluding hydrogens is 306 g/mol. The molecule has 1 aliphatic heterocycles. The molecule has 126 valence electrons. The molecule has 1 aromatic carbocycles. The van der Waals surface area contributed by atoms with Crippen LogP contribution in [0.15, 0.2) is 29.2 Å². The predicted octanol–water partition coefficient (Wildman–Crippen LogP) is 4.36. The maximum Gasteiger partial charge on any atom is 0.223 e. The molecule has 23 heavy (non-hydrogen) atoms. The molecule has 1 heterocycles. The summed E-state index contributed by atoms with van der Waals surface area (Å²) < 4.78 is 5.17. The monoisotopic (exact) mass is 333 g/mol. The summed E-state index contributed by atoms with van der Waals surface area (Å²) in [5, 5.41) is 0. The normalized spacial score (nSPS) is 24.1. The molecule has 2 atom stereocenters. The number of methoxy groups -OCH3 is 1. The van der Waals surface area contributed by atoms with Crippen molar-refractivity contribution >= 4 is 17.7 Å². The lowest BCUT2D eigenvalue weighted by molar-refractivity contribution is -0.137. The number of hydrogen-bond acceptors (Lipinski definition) is 3. The van der Waals surface area contributed by atoms with E-state index in [0.717, 1.165) is 24.0 Å². The van der Waals surface area contributed by atoms with Crippen LogP contribution in [-0.2, 0) is 4.79 Å². The number of rotatable bonds is 5. The average molecular weight is 333 g/mol. The first-order valence-electron chi connectivity index (χ1n) is 8.84. The SMILES string of the molecule is COc1ccc(SCCC(=O)N2CCCC3CCCCC32)cc1. The largest absolute Gasteiger partial charge is 0.497 e. The summed E-state index contributed by atoms with van der Waals surface area (Å²) in [6.07, 6.45) is 8.38. The minimum atomic E-state index is 0.364. The van der Waals surface area contributed by atoms with Crippen LogP contribution in [0.1, 0.15) is 44.9 Å². The number of thioether (sulfide) groups is 1. The van der Waals surface area contributed by atoms with Gasteiger partial charge in [0.2, 0.25) is 5.91 Å². The average Bonchev–Trinajstić information content (AvgIpc) is 2.61. The molecule has 0 aromatic heterocycles. The third-order valence-electron chi connectivity index (χ3n) is 5.21. The van der Waals surface area contributed by atoms with Crippen LogP contribution in [0.4, 0.5) is 0 Å². The minimum absolute atomic E-state index is 0.364. The first-order chi connectivity index (χ1) is 11.3. The van der Waals surface area contributed by atoms with Crippen LogP contribution >= 0.6 is 11.8 Å². The van der Waals surface area contributed by atoms with Crippen molar-refractivity contribution in [2.75, 3.05) is 19.4 Å². The number of nitrogens with zero attached hydrogens (tertiary/aromatic N) is 1. The van der Waals surface area contributed by atoms with E-state index in [2.05, 4.69) is 17.0 Å². The van der Waals surface area contributed by atoms with Gasteiger partial charge in [0, 0.05) is 29.7 Å². The van der Waals surface area contributed by atoms with Gasteiger partial charge in [-0.3, -0.25) is 4.79 Å². The van der Waals surface area contributed by atoms with Gasteiger partial charge in [0.05, 0.1) is 7.11 Å².